The zero-order chi connectivity index (χ0) is 22.4. The number of esters is 1. The van der Waals surface area contributed by atoms with Crippen molar-refractivity contribution in [2.24, 2.45) is 5.73 Å². The average Bonchev–Trinajstić information content (AvgIpc) is 2.76. The topological polar surface area (TPSA) is 97.5 Å². The fourth-order valence-electron chi connectivity index (χ4n) is 3.36. The van der Waals surface area contributed by atoms with Crippen LogP contribution in [0.2, 0.25) is 0 Å². The highest BCUT2D eigenvalue weighted by Gasteiger charge is 2.17. The predicted molar refractivity (Wildman–Crippen MR) is 123 cm³/mol. The minimum absolute atomic E-state index is 0.295. The van der Waals surface area contributed by atoms with Gasteiger partial charge in [0.05, 0.1) is 17.8 Å². The molecule has 0 aliphatic carbocycles. The van der Waals surface area contributed by atoms with Crippen molar-refractivity contribution in [1.29, 1.82) is 0 Å². The Hall–Kier alpha value is -3.45. The molecule has 7 nitrogen and oxygen atoms in total. The van der Waals surface area contributed by atoms with Crippen LogP contribution in [-0.4, -0.2) is 55.6 Å². The molecule has 0 aliphatic rings. The first kappa shape index (κ1) is 22.2. The van der Waals surface area contributed by atoms with E-state index in [0.29, 0.717) is 24.3 Å². The monoisotopic (exact) mass is 420 g/mol. The number of benzene rings is 2. The summed E-state index contributed by atoms with van der Waals surface area (Å²) in [4.78, 5) is 30.5. The van der Waals surface area contributed by atoms with Gasteiger partial charge in [0.25, 0.3) is 0 Å². The third kappa shape index (κ3) is 5.38. The number of rotatable bonds is 9. The van der Waals surface area contributed by atoms with Crippen molar-refractivity contribution in [1.82, 2.24) is 9.88 Å². The largest absolute Gasteiger partial charge is 0.462 e. The third-order valence-electron chi connectivity index (χ3n) is 4.95. The van der Waals surface area contributed by atoms with Gasteiger partial charge in [0.15, 0.2) is 0 Å². The number of carbonyl (C=O) groups excluding carboxylic acids is 2. The minimum Gasteiger partial charge on any atom is -0.462 e. The molecule has 0 aliphatic heterocycles. The Bertz CT molecular complexity index is 1080. The number of pyridine rings is 1. The maximum atomic E-state index is 12.6. The second kappa shape index (κ2) is 10.0. The van der Waals surface area contributed by atoms with Crippen molar-refractivity contribution in [3.63, 3.8) is 0 Å². The quantitative estimate of drug-likeness (QED) is 0.406. The summed E-state index contributed by atoms with van der Waals surface area (Å²) in [5.41, 5.74) is 9.60. The fourth-order valence-corrected chi connectivity index (χ4v) is 3.36. The van der Waals surface area contributed by atoms with E-state index in [2.05, 4.69) is 15.2 Å². The first-order valence-electron chi connectivity index (χ1n) is 10.3. The Balaban J connectivity index is 2.03. The highest BCUT2D eigenvalue weighted by Crippen LogP contribution is 2.31. The molecule has 0 radical (unpaired) electrons. The summed E-state index contributed by atoms with van der Waals surface area (Å²) in [5, 5.41) is 4.26. The number of ether oxygens (including phenoxy) is 1. The lowest BCUT2D eigenvalue weighted by atomic mass is 10.00. The molecular weight excluding hydrogens is 392 g/mol. The highest BCUT2D eigenvalue weighted by atomic mass is 16.5. The van der Waals surface area contributed by atoms with Gasteiger partial charge in [-0.05, 0) is 69.4 Å². The van der Waals surface area contributed by atoms with Gasteiger partial charge in [-0.25, -0.2) is 4.79 Å². The van der Waals surface area contributed by atoms with Crippen LogP contribution in [0, 0.1) is 0 Å². The molecule has 0 atom stereocenters. The zero-order valence-corrected chi connectivity index (χ0v) is 18.1. The maximum absolute atomic E-state index is 12.6. The molecule has 0 fully saturated rings. The van der Waals surface area contributed by atoms with Crippen molar-refractivity contribution >= 4 is 28.5 Å². The lowest BCUT2D eigenvalue weighted by Gasteiger charge is -2.16. The fraction of sp³-hybridized carbons (Fsp3) is 0.292. The molecule has 31 heavy (non-hydrogen) atoms. The van der Waals surface area contributed by atoms with Crippen LogP contribution < -0.4 is 11.1 Å². The van der Waals surface area contributed by atoms with Crippen molar-refractivity contribution in [3.05, 3.63) is 59.8 Å². The molecule has 0 saturated heterocycles. The number of nitrogens with two attached hydrogens (primary N) is 1. The summed E-state index contributed by atoms with van der Waals surface area (Å²) in [6.07, 6.45) is 2.49. The van der Waals surface area contributed by atoms with Crippen LogP contribution in [0.3, 0.4) is 0 Å². The van der Waals surface area contributed by atoms with Crippen LogP contribution in [0.5, 0.6) is 0 Å². The van der Waals surface area contributed by atoms with Gasteiger partial charge in [-0.2, -0.15) is 0 Å². The second-order valence-electron chi connectivity index (χ2n) is 7.52. The lowest BCUT2D eigenvalue weighted by molar-refractivity contribution is 0.0527. The normalized spacial score (nSPS) is 11.0. The molecule has 1 amide bonds. The van der Waals surface area contributed by atoms with Gasteiger partial charge in [0, 0.05) is 23.7 Å². The van der Waals surface area contributed by atoms with Crippen molar-refractivity contribution in [3.8, 4) is 11.1 Å². The van der Waals surface area contributed by atoms with E-state index < -0.39 is 11.9 Å². The first-order valence-corrected chi connectivity index (χ1v) is 10.3. The van der Waals surface area contributed by atoms with Crippen LogP contribution in [0.15, 0.2) is 48.7 Å². The van der Waals surface area contributed by atoms with Crippen molar-refractivity contribution in [2.45, 2.75) is 13.3 Å². The number of nitrogens with one attached hydrogen (secondary N) is 1. The number of primary amides is 1. The molecule has 0 saturated carbocycles. The second-order valence-corrected chi connectivity index (χ2v) is 7.52. The standard InChI is InChI=1S/C24H28N4O3/c1-4-31-24(30)20-15-27-21-11-10-18(16-6-8-17(9-7-16)23(25)29)14-19(21)22(20)26-12-5-13-28(2)3/h6-11,14-15H,4-5,12-13H2,1-3H3,(H2,25,29)(H,26,27). The molecule has 0 unspecified atom stereocenters. The van der Waals surface area contributed by atoms with Crippen LogP contribution in [0.1, 0.15) is 34.1 Å². The Kier molecular flexibility index (Phi) is 7.20. The van der Waals surface area contributed by atoms with E-state index in [9.17, 15) is 9.59 Å². The summed E-state index contributed by atoms with van der Waals surface area (Å²) in [5.74, 6) is -0.860. The summed E-state index contributed by atoms with van der Waals surface area (Å²) < 4.78 is 5.24. The predicted octanol–water partition coefficient (Wildman–Crippen LogP) is 3.54. The Morgan fingerprint density at radius 1 is 1.10 bits per heavy atom. The minimum atomic E-state index is -0.461. The van der Waals surface area contributed by atoms with Crippen LogP contribution in [-0.2, 0) is 4.74 Å². The molecule has 1 heterocycles. The smallest absolute Gasteiger partial charge is 0.341 e. The van der Waals surface area contributed by atoms with Gasteiger partial charge in [-0.15, -0.1) is 0 Å². The number of carbonyl (C=O) groups is 2. The summed E-state index contributed by atoms with van der Waals surface area (Å²) in [6, 6.07) is 13.0. The van der Waals surface area contributed by atoms with Crippen molar-refractivity contribution in [2.75, 3.05) is 39.1 Å². The highest BCUT2D eigenvalue weighted by molar-refractivity contribution is 6.06. The maximum Gasteiger partial charge on any atom is 0.341 e. The number of hydrogen-bond acceptors (Lipinski definition) is 6. The van der Waals surface area contributed by atoms with E-state index in [-0.39, 0.29) is 0 Å². The van der Waals surface area contributed by atoms with Crippen LogP contribution >= 0.6 is 0 Å². The number of aromatic nitrogens is 1. The van der Waals surface area contributed by atoms with E-state index in [1.165, 1.54) is 0 Å². The lowest BCUT2D eigenvalue weighted by Crippen LogP contribution is -2.17. The van der Waals surface area contributed by atoms with E-state index in [4.69, 9.17) is 10.5 Å². The van der Waals surface area contributed by atoms with Crippen molar-refractivity contribution < 1.29 is 14.3 Å². The SMILES string of the molecule is CCOC(=O)c1cnc2ccc(-c3ccc(C(N)=O)cc3)cc2c1NCCCN(C)C. The van der Waals surface area contributed by atoms with Gasteiger partial charge in [-0.3, -0.25) is 9.78 Å². The molecular formula is C24H28N4O3. The summed E-state index contributed by atoms with van der Waals surface area (Å²) in [7, 11) is 4.06. The summed E-state index contributed by atoms with van der Waals surface area (Å²) >= 11 is 0. The zero-order valence-electron chi connectivity index (χ0n) is 18.1. The van der Waals surface area contributed by atoms with Gasteiger partial charge in [0.2, 0.25) is 5.91 Å². The average molecular weight is 421 g/mol. The molecule has 3 aromatic rings. The number of fused-ring (bicyclic) bond motifs is 1. The third-order valence-corrected chi connectivity index (χ3v) is 4.95. The van der Waals surface area contributed by atoms with E-state index in [1.54, 1.807) is 25.3 Å². The number of nitrogens with zero attached hydrogens (tertiary/aromatic N) is 2. The number of anilines is 1. The Labute approximate surface area is 182 Å². The Morgan fingerprint density at radius 2 is 1.81 bits per heavy atom. The molecule has 1 aromatic heterocycles. The molecule has 7 heteroatoms. The van der Waals surface area contributed by atoms with Gasteiger partial charge in [0.1, 0.15) is 5.56 Å². The van der Waals surface area contributed by atoms with Gasteiger partial charge < -0.3 is 20.7 Å². The number of hydrogen-bond donors (Lipinski definition) is 2. The first-order chi connectivity index (χ1) is 14.9. The molecule has 0 bridgehead atoms. The van der Waals surface area contributed by atoms with Crippen LogP contribution in [0.4, 0.5) is 5.69 Å². The molecule has 3 rings (SSSR count). The molecule has 0 spiro atoms. The van der Waals surface area contributed by atoms with Gasteiger partial charge in [-0.1, -0.05) is 18.2 Å². The number of amides is 1. The van der Waals surface area contributed by atoms with E-state index in [0.717, 1.165) is 40.7 Å². The van der Waals surface area contributed by atoms with E-state index >= 15 is 0 Å². The van der Waals surface area contributed by atoms with Crippen LogP contribution in [0.25, 0.3) is 22.0 Å². The Morgan fingerprint density at radius 3 is 2.45 bits per heavy atom. The molecule has 3 N–H and O–H groups in total. The van der Waals surface area contributed by atoms with Gasteiger partial charge >= 0.3 is 5.97 Å². The summed E-state index contributed by atoms with van der Waals surface area (Å²) in [6.45, 7) is 3.72. The van der Waals surface area contributed by atoms with E-state index in [1.807, 2.05) is 44.4 Å². The molecule has 162 valence electrons. The molecule has 2 aromatic carbocycles.